The number of imide groups is 4. The van der Waals surface area contributed by atoms with E-state index in [1.165, 1.54) is 40.3 Å². The average molecular weight is 1500 g/mol. The molecule has 4 aliphatic heterocycles. The van der Waals surface area contributed by atoms with E-state index in [9.17, 15) is 38.4 Å². The lowest BCUT2D eigenvalue weighted by atomic mass is 9.78. The molecule has 0 N–H and O–H groups in total. The van der Waals surface area contributed by atoms with Gasteiger partial charge in [-0.05, 0) is 234 Å². The Labute approximate surface area is 652 Å². The third-order valence-electron chi connectivity index (χ3n) is 20.8. The highest BCUT2D eigenvalue weighted by Gasteiger charge is 2.39. The summed E-state index contributed by atoms with van der Waals surface area (Å²) in [6.45, 7) is 14.8. The fourth-order valence-corrected chi connectivity index (χ4v) is 13.9. The minimum Gasteiger partial charge on any atom is -0.497 e. The number of benzene rings is 12. The van der Waals surface area contributed by atoms with Crippen molar-refractivity contribution >= 4 is 70.0 Å². The number of hydrogen-bond acceptors (Lipinski definition) is 14. The smallest absolute Gasteiger partial charge is 0.266 e. The molecule has 0 spiro atoms. The average Bonchev–Trinajstić information content (AvgIpc) is 1.64. The van der Waals surface area contributed by atoms with Crippen LogP contribution in [-0.4, -0.2) is 54.4 Å². The van der Waals surface area contributed by atoms with E-state index in [4.69, 9.17) is 28.4 Å². The van der Waals surface area contributed by atoms with E-state index in [1.54, 1.807) is 128 Å². The lowest BCUT2D eigenvalue weighted by Crippen LogP contribution is -2.29. The van der Waals surface area contributed by atoms with E-state index in [0.717, 1.165) is 48.3 Å². The maximum atomic E-state index is 13.8. The summed E-state index contributed by atoms with van der Waals surface area (Å²) in [5.41, 5.74) is 9.68. The number of nitrogens with zero attached hydrogens (tertiary/aromatic N) is 4. The molecule has 0 aliphatic carbocycles. The molecule has 16 rings (SSSR count). The van der Waals surface area contributed by atoms with Crippen molar-refractivity contribution in [3.05, 3.63) is 365 Å². The SMILES string of the molecule is COc1ccc(C(C)(C)c2ccc(Oc3ccc(N4C(=O)C=CC4=O)cc3)cc2)cc1.Cc1ccc(N2C(=O)c3ccc(Oc4ccc(C(C)(C)c5ccc(Oc6ccc7c(c6)C(=O)N(c6ccc(Oc8ccc(C(C)(C)c9ccc(Oc%10ccc(N%11C(=O)C=CC%11=O)cc%10)cc9)cc8)cc6)C7=O)cc5)cc4)cc3C2=O)cc1. The number of aryl methyl sites for hydroxylation is 1. The van der Waals surface area contributed by atoms with Crippen molar-refractivity contribution in [2.75, 3.05) is 26.7 Å². The molecule has 12 aromatic rings. The second-order valence-corrected chi connectivity index (χ2v) is 29.0. The fourth-order valence-electron chi connectivity index (χ4n) is 13.9. The van der Waals surface area contributed by atoms with Gasteiger partial charge in [0.05, 0.1) is 52.1 Å². The molecule has 12 aromatic carbocycles. The summed E-state index contributed by atoms with van der Waals surface area (Å²) in [6.07, 6.45) is 5.03. The Morgan fingerprint density at radius 3 is 0.664 bits per heavy atom. The van der Waals surface area contributed by atoms with Crippen LogP contribution in [0.2, 0.25) is 0 Å². The summed E-state index contributed by atoms with van der Waals surface area (Å²) in [4.78, 5) is 106. The van der Waals surface area contributed by atoms with Crippen molar-refractivity contribution in [2.45, 2.75) is 64.7 Å². The van der Waals surface area contributed by atoms with Gasteiger partial charge in [0, 0.05) is 40.5 Å². The van der Waals surface area contributed by atoms with Crippen molar-refractivity contribution < 1.29 is 66.8 Å². The van der Waals surface area contributed by atoms with Gasteiger partial charge in [-0.25, -0.2) is 19.6 Å². The molecule has 4 heterocycles. The predicted molar refractivity (Wildman–Crippen MR) is 431 cm³/mol. The van der Waals surface area contributed by atoms with Crippen molar-refractivity contribution in [1.82, 2.24) is 0 Å². The molecule has 0 aromatic heterocycles. The Morgan fingerprint density at radius 2 is 0.416 bits per heavy atom. The highest BCUT2D eigenvalue weighted by molar-refractivity contribution is 6.35. The molecule has 8 amide bonds. The number of methoxy groups -OCH3 is 1. The third kappa shape index (κ3) is 15.0. The summed E-state index contributed by atoms with van der Waals surface area (Å²) < 4.78 is 35.8. The number of carbonyl (C=O) groups is 8. The van der Waals surface area contributed by atoms with Gasteiger partial charge in [-0.15, -0.1) is 0 Å². The van der Waals surface area contributed by atoms with Crippen LogP contribution in [0.3, 0.4) is 0 Å². The second kappa shape index (κ2) is 30.2. The monoisotopic (exact) mass is 1490 g/mol. The van der Waals surface area contributed by atoms with Gasteiger partial charge in [0.25, 0.3) is 47.3 Å². The summed E-state index contributed by atoms with van der Waals surface area (Å²) in [5, 5.41) is 0. The number of anilines is 4. The summed E-state index contributed by atoms with van der Waals surface area (Å²) in [7, 11) is 1.66. The first-order valence-corrected chi connectivity index (χ1v) is 36.5. The van der Waals surface area contributed by atoms with Crippen LogP contribution in [0.1, 0.15) is 122 Å². The van der Waals surface area contributed by atoms with Crippen LogP contribution in [0.25, 0.3) is 0 Å². The third-order valence-corrected chi connectivity index (χ3v) is 20.8. The fraction of sp³-hybridized carbons (Fsp3) is 0.116. The normalized spacial score (nSPS) is 13.8. The zero-order valence-corrected chi connectivity index (χ0v) is 62.9. The Kier molecular flexibility index (Phi) is 19.7. The van der Waals surface area contributed by atoms with Gasteiger partial charge in [-0.3, -0.25) is 38.4 Å². The largest absolute Gasteiger partial charge is 0.497 e. The maximum Gasteiger partial charge on any atom is 0.266 e. The van der Waals surface area contributed by atoms with Crippen LogP contribution in [0, 0.1) is 6.92 Å². The van der Waals surface area contributed by atoms with E-state index < -0.39 is 23.1 Å². The Hall–Kier alpha value is -14.5. The first-order valence-electron chi connectivity index (χ1n) is 36.5. The zero-order valence-electron chi connectivity index (χ0n) is 62.9. The predicted octanol–water partition coefficient (Wildman–Crippen LogP) is 20.1. The first-order chi connectivity index (χ1) is 54.4. The first kappa shape index (κ1) is 74.0. The van der Waals surface area contributed by atoms with E-state index in [2.05, 4.69) is 65.8 Å². The molecule has 18 heteroatoms. The van der Waals surface area contributed by atoms with Crippen molar-refractivity contribution in [2.24, 2.45) is 0 Å². The van der Waals surface area contributed by atoms with Crippen LogP contribution in [0.5, 0.6) is 63.2 Å². The van der Waals surface area contributed by atoms with Crippen LogP contribution in [0.4, 0.5) is 22.7 Å². The minimum absolute atomic E-state index is 0.171. The number of rotatable bonds is 21. The second-order valence-electron chi connectivity index (χ2n) is 29.0. The van der Waals surface area contributed by atoms with Gasteiger partial charge in [-0.1, -0.05) is 132 Å². The lowest BCUT2D eigenvalue weighted by Gasteiger charge is -2.26. The molecular formula is C95H74N4O14. The molecule has 0 fully saturated rings. The van der Waals surface area contributed by atoms with Crippen LogP contribution < -0.4 is 48.0 Å². The highest BCUT2D eigenvalue weighted by Crippen LogP contribution is 2.42. The van der Waals surface area contributed by atoms with E-state index in [-0.39, 0.29) is 51.5 Å². The minimum atomic E-state index is -0.461. The number of carbonyl (C=O) groups excluding carboxylic acids is 8. The summed E-state index contributed by atoms with van der Waals surface area (Å²) in [6, 6.07) is 84.7. The molecule has 0 saturated heterocycles. The number of fused-ring (bicyclic) bond motifs is 2. The number of hydrogen-bond donors (Lipinski definition) is 0. The molecule has 0 atom stereocenters. The Morgan fingerprint density at radius 1 is 0.221 bits per heavy atom. The van der Waals surface area contributed by atoms with Crippen molar-refractivity contribution in [1.29, 1.82) is 0 Å². The Balaban J connectivity index is 0.000000271. The maximum absolute atomic E-state index is 13.8. The van der Waals surface area contributed by atoms with Crippen molar-refractivity contribution in [3.63, 3.8) is 0 Å². The van der Waals surface area contributed by atoms with E-state index >= 15 is 0 Å². The highest BCUT2D eigenvalue weighted by atomic mass is 16.5. The van der Waals surface area contributed by atoms with Gasteiger partial charge in [0.15, 0.2) is 0 Å². The summed E-state index contributed by atoms with van der Waals surface area (Å²) >= 11 is 0. The molecule has 4 aliphatic rings. The number of ether oxygens (including phenoxy) is 6. The van der Waals surface area contributed by atoms with Gasteiger partial charge in [0.2, 0.25) is 0 Å². The Bertz CT molecular complexity index is 5760. The molecule has 113 heavy (non-hydrogen) atoms. The van der Waals surface area contributed by atoms with Gasteiger partial charge in [-0.2, -0.15) is 0 Å². The van der Waals surface area contributed by atoms with E-state index in [1.807, 2.05) is 140 Å². The van der Waals surface area contributed by atoms with Crippen LogP contribution in [0.15, 0.2) is 303 Å². The lowest BCUT2D eigenvalue weighted by molar-refractivity contribution is -0.121. The molecule has 0 unspecified atom stereocenters. The van der Waals surface area contributed by atoms with Crippen LogP contribution in [-0.2, 0) is 35.4 Å². The molecule has 0 saturated carbocycles. The standard InChI is InChI=1S/C69H51N3O10.C26H23NO4/c1-42-6-16-48(17-7-42)71-64(75)58-36-34-56(40-60(58)66(71)77)81-52-26-12-45(13-27-52)69(4,5)46-14-28-53(29-15-46)82-57-35-37-59-61(41-57)67(78)72(65(59)76)49-20-32-55(33-21-49)80-51-24-10-44(11-25-51)68(2,3)43-8-22-50(23-9-43)79-54-30-18-47(19-31-54)70-62(73)38-39-63(70)74;1-26(2,18-4-10-21(30-3)11-5-18)19-6-12-22(13-7-19)31-23-14-8-20(9-15-23)27-24(28)16-17-25(27)29/h6-41H,1-5H3;4-17H,1-3H3. The summed E-state index contributed by atoms with van der Waals surface area (Å²) in [5.74, 6) is 3.40. The molecule has 0 radical (unpaired) electrons. The molecule has 18 nitrogen and oxygen atoms in total. The quantitative estimate of drug-likeness (QED) is 0.0614. The van der Waals surface area contributed by atoms with Gasteiger partial charge >= 0.3 is 0 Å². The van der Waals surface area contributed by atoms with E-state index in [0.29, 0.717) is 91.4 Å². The topological polar surface area (TPSA) is 205 Å². The van der Waals surface area contributed by atoms with Crippen LogP contribution >= 0.6 is 0 Å². The molecule has 0 bridgehead atoms. The van der Waals surface area contributed by atoms with Crippen molar-refractivity contribution in [3.8, 4) is 63.2 Å². The molecular weight excluding hydrogens is 1420 g/mol. The number of amides is 8. The zero-order chi connectivity index (χ0) is 79.0. The molecule has 558 valence electrons. The van der Waals surface area contributed by atoms with Gasteiger partial charge in [0.1, 0.15) is 63.2 Å². The van der Waals surface area contributed by atoms with Gasteiger partial charge < -0.3 is 28.4 Å².